The van der Waals surface area contributed by atoms with Gasteiger partial charge in [-0.25, -0.2) is 9.37 Å². The van der Waals surface area contributed by atoms with Gasteiger partial charge in [0.1, 0.15) is 17.7 Å². The van der Waals surface area contributed by atoms with Gasteiger partial charge in [-0.05, 0) is 48.9 Å². The summed E-state index contributed by atoms with van der Waals surface area (Å²) < 4.78 is 15.2. The standard InChI is InChI=1S/C24H21Cl2FN4O/c1-15(24(32)29-11-9-18-4-2-3-10-28-18)31-22-14-20(26)19(25)13-21(22)30-23(31)12-16-5-7-17(27)8-6-16/h2-8,10,13-15H,9,11-12H2,1H3,(H,29,32)/t15-/m1/s1. The average molecular weight is 471 g/mol. The van der Waals surface area contributed by atoms with Gasteiger partial charge in [0.15, 0.2) is 0 Å². The zero-order valence-electron chi connectivity index (χ0n) is 17.4. The van der Waals surface area contributed by atoms with Gasteiger partial charge < -0.3 is 9.88 Å². The number of aromatic nitrogens is 3. The van der Waals surface area contributed by atoms with Crippen LogP contribution in [-0.2, 0) is 17.6 Å². The Balaban J connectivity index is 1.61. The fourth-order valence-corrected chi connectivity index (χ4v) is 3.92. The van der Waals surface area contributed by atoms with Crippen molar-refractivity contribution >= 4 is 40.1 Å². The van der Waals surface area contributed by atoms with Crippen molar-refractivity contribution < 1.29 is 9.18 Å². The van der Waals surface area contributed by atoms with Gasteiger partial charge in [-0.1, -0.05) is 41.4 Å². The SMILES string of the molecule is C[C@H](C(=O)NCCc1ccccn1)n1c(Cc2ccc(F)cc2)nc2cc(Cl)c(Cl)cc21. The summed E-state index contributed by atoms with van der Waals surface area (Å²) in [5.41, 5.74) is 3.14. The topological polar surface area (TPSA) is 59.8 Å². The summed E-state index contributed by atoms with van der Waals surface area (Å²) in [4.78, 5) is 22.0. The quantitative estimate of drug-likeness (QED) is 0.393. The molecule has 2 aromatic carbocycles. The van der Waals surface area contributed by atoms with E-state index in [0.717, 1.165) is 11.3 Å². The average Bonchev–Trinajstić information content (AvgIpc) is 3.12. The maximum Gasteiger partial charge on any atom is 0.242 e. The molecule has 164 valence electrons. The number of imidazole rings is 1. The fourth-order valence-electron chi connectivity index (χ4n) is 3.61. The summed E-state index contributed by atoms with van der Waals surface area (Å²) in [6.07, 6.45) is 2.79. The minimum absolute atomic E-state index is 0.147. The van der Waals surface area contributed by atoms with E-state index in [9.17, 15) is 9.18 Å². The number of hydrogen-bond donors (Lipinski definition) is 1. The van der Waals surface area contributed by atoms with Crippen LogP contribution in [0.2, 0.25) is 10.0 Å². The summed E-state index contributed by atoms with van der Waals surface area (Å²) >= 11 is 12.4. The smallest absolute Gasteiger partial charge is 0.242 e. The van der Waals surface area contributed by atoms with Crippen LogP contribution in [0.1, 0.15) is 30.0 Å². The van der Waals surface area contributed by atoms with Crippen molar-refractivity contribution in [2.45, 2.75) is 25.8 Å². The Labute approximate surface area is 195 Å². The lowest BCUT2D eigenvalue weighted by molar-refractivity contribution is -0.123. The molecule has 5 nitrogen and oxygen atoms in total. The number of carbonyl (C=O) groups is 1. The predicted molar refractivity (Wildman–Crippen MR) is 125 cm³/mol. The number of halogens is 3. The highest BCUT2D eigenvalue weighted by molar-refractivity contribution is 6.42. The molecule has 0 bridgehead atoms. The molecule has 4 rings (SSSR count). The van der Waals surface area contributed by atoms with E-state index in [-0.39, 0.29) is 11.7 Å². The molecule has 8 heteroatoms. The van der Waals surface area contributed by atoms with E-state index in [4.69, 9.17) is 28.2 Å². The first-order valence-electron chi connectivity index (χ1n) is 10.2. The Morgan fingerprint density at radius 2 is 1.88 bits per heavy atom. The van der Waals surface area contributed by atoms with Crippen molar-refractivity contribution in [2.24, 2.45) is 0 Å². The zero-order chi connectivity index (χ0) is 22.7. The molecule has 0 aliphatic rings. The first-order chi connectivity index (χ1) is 15.4. The molecule has 0 unspecified atom stereocenters. The largest absolute Gasteiger partial charge is 0.354 e. The van der Waals surface area contributed by atoms with Crippen LogP contribution in [0.5, 0.6) is 0 Å². The van der Waals surface area contributed by atoms with Crippen LogP contribution in [0.15, 0.2) is 60.8 Å². The third-order valence-electron chi connectivity index (χ3n) is 5.25. The number of benzene rings is 2. The Hall–Kier alpha value is -2.96. The molecule has 0 radical (unpaired) electrons. The monoisotopic (exact) mass is 470 g/mol. The first kappa shape index (κ1) is 22.2. The summed E-state index contributed by atoms with van der Waals surface area (Å²) in [7, 11) is 0. The van der Waals surface area contributed by atoms with Crippen molar-refractivity contribution in [1.82, 2.24) is 19.9 Å². The number of nitrogens with zero attached hydrogens (tertiary/aromatic N) is 3. The second kappa shape index (κ2) is 9.67. The lowest BCUT2D eigenvalue weighted by atomic mass is 10.1. The summed E-state index contributed by atoms with van der Waals surface area (Å²) in [6, 6.07) is 14.8. The van der Waals surface area contributed by atoms with Crippen molar-refractivity contribution in [2.75, 3.05) is 6.54 Å². The third-order valence-corrected chi connectivity index (χ3v) is 5.98. The van der Waals surface area contributed by atoms with Crippen LogP contribution in [0.3, 0.4) is 0 Å². The maximum atomic E-state index is 13.3. The van der Waals surface area contributed by atoms with Crippen LogP contribution in [0, 0.1) is 5.82 Å². The molecule has 0 saturated carbocycles. The molecule has 4 aromatic rings. The van der Waals surface area contributed by atoms with E-state index in [1.165, 1.54) is 12.1 Å². The van der Waals surface area contributed by atoms with E-state index in [2.05, 4.69) is 10.3 Å². The van der Waals surface area contributed by atoms with Gasteiger partial charge in [-0.2, -0.15) is 0 Å². The maximum absolute atomic E-state index is 13.3. The molecule has 0 fully saturated rings. The number of fused-ring (bicyclic) bond motifs is 1. The first-order valence-corrected chi connectivity index (χ1v) is 11.0. The number of nitrogens with one attached hydrogen (secondary N) is 1. The second-order valence-corrected chi connectivity index (χ2v) is 8.31. The van der Waals surface area contributed by atoms with E-state index >= 15 is 0 Å². The summed E-state index contributed by atoms with van der Waals surface area (Å²) in [5.74, 6) is 0.213. The van der Waals surface area contributed by atoms with E-state index in [1.54, 1.807) is 30.5 Å². The minimum atomic E-state index is -0.545. The molecule has 2 aromatic heterocycles. The van der Waals surface area contributed by atoms with Gasteiger partial charge in [-0.3, -0.25) is 9.78 Å². The molecule has 32 heavy (non-hydrogen) atoms. The Morgan fingerprint density at radius 1 is 1.12 bits per heavy atom. The van der Waals surface area contributed by atoms with Gasteiger partial charge in [0.2, 0.25) is 5.91 Å². The van der Waals surface area contributed by atoms with Crippen molar-refractivity contribution in [1.29, 1.82) is 0 Å². The van der Waals surface area contributed by atoms with E-state index < -0.39 is 6.04 Å². The van der Waals surface area contributed by atoms with Crippen LogP contribution in [0.4, 0.5) is 4.39 Å². The Kier molecular flexibility index (Phi) is 6.72. The van der Waals surface area contributed by atoms with Gasteiger partial charge >= 0.3 is 0 Å². The molecule has 0 aliphatic carbocycles. The number of carbonyl (C=O) groups excluding carboxylic acids is 1. The van der Waals surface area contributed by atoms with E-state index in [1.807, 2.05) is 29.7 Å². The van der Waals surface area contributed by atoms with Crippen molar-refractivity contribution in [3.63, 3.8) is 0 Å². The normalized spacial score (nSPS) is 12.1. The molecule has 1 amide bonds. The highest BCUT2D eigenvalue weighted by atomic mass is 35.5. The van der Waals surface area contributed by atoms with Gasteiger partial charge in [0.25, 0.3) is 0 Å². The van der Waals surface area contributed by atoms with E-state index in [0.29, 0.717) is 46.3 Å². The van der Waals surface area contributed by atoms with Crippen molar-refractivity contribution in [3.8, 4) is 0 Å². The second-order valence-electron chi connectivity index (χ2n) is 7.49. The predicted octanol–water partition coefficient (Wildman–Crippen LogP) is 5.39. The summed E-state index contributed by atoms with van der Waals surface area (Å²) in [5, 5.41) is 3.75. The third kappa shape index (κ3) is 4.92. The lowest BCUT2D eigenvalue weighted by Crippen LogP contribution is -2.33. The molecule has 1 atom stereocenters. The number of amides is 1. The molecular weight excluding hydrogens is 450 g/mol. The molecule has 1 N–H and O–H groups in total. The van der Waals surface area contributed by atoms with Gasteiger partial charge in [-0.15, -0.1) is 0 Å². The molecule has 0 saturated heterocycles. The minimum Gasteiger partial charge on any atom is -0.354 e. The van der Waals surface area contributed by atoms with Crippen LogP contribution in [-0.4, -0.2) is 27.0 Å². The highest BCUT2D eigenvalue weighted by Crippen LogP contribution is 2.31. The van der Waals surface area contributed by atoms with Crippen LogP contribution in [0.25, 0.3) is 11.0 Å². The summed E-state index contributed by atoms with van der Waals surface area (Å²) in [6.45, 7) is 2.28. The highest BCUT2D eigenvalue weighted by Gasteiger charge is 2.22. The van der Waals surface area contributed by atoms with Crippen LogP contribution < -0.4 is 5.32 Å². The van der Waals surface area contributed by atoms with Gasteiger partial charge in [0, 0.05) is 31.3 Å². The van der Waals surface area contributed by atoms with Crippen LogP contribution >= 0.6 is 23.2 Å². The molecule has 0 aliphatic heterocycles. The zero-order valence-corrected chi connectivity index (χ0v) is 18.9. The number of rotatable bonds is 7. The molecule has 2 heterocycles. The number of pyridine rings is 1. The number of hydrogen-bond acceptors (Lipinski definition) is 3. The fraction of sp³-hybridized carbons (Fsp3) is 0.208. The Bertz CT molecular complexity index is 1240. The lowest BCUT2D eigenvalue weighted by Gasteiger charge is -2.18. The molecule has 0 spiro atoms. The Morgan fingerprint density at radius 3 is 2.59 bits per heavy atom. The van der Waals surface area contributed by atoms with Gasteiger partial charge in [0.05, 0.1) is 21.1 Å². The molecular formula is C24H21Cl2FN4O. The van der Waals surface area contributed by atoms with Crippen molar-refractivity contribution in [3.05, 3.63) is 93.7 Å².